The Balaban J connectivity index is 2.30. The van der Waals surface area contributed by atoms with Crippen LogP contribution in [0.25, 0.3) is 0 Å². The molecule has 4 nitrogen and oxygen atoms in total. The van der Waals surface area contributed by atoms with E-state index >= 15 is 0 Å². The third-order valence-electron chi connectivity index (χ3n) is 4.94. The van der Waals surface area contributed by atoms with Crippen LogP contribution < -0.4 is 5.73 Å². The van der Waals surface area contributed by atoms with Crippen LogP contribution in [0.1, 0.15) is 63.6 Å². The smallest absolute Gasteiger partial charge is 0.0653 e. The molecule has 0 aromatic carbocycles. The lowest BCUT2D eigenvalue weighted by atomic mass is 9.80. The van der Waals surface area contributed by atoms with Crippen molar-refractivity contribution in [1.82, 2.24) is 14.7 Å². The summed E-state index contributed by atoms with van der Waals surface area (Å²) < 4.78 is 2.10. The summed E-state index contributed by atoms with van der Waals surface area (Å²) in [7, 11) is 4.37. The van der Waals surface area contributed by atoms with E-state index in [9.17, 15) is 0 Å². The molecule has 1 saturated carbocycles. The van der Waals surface area contributed by atoms with Crippen LogP contribution in [-0.4, -0.2) is 34.3 Å². The molecule has 0 aliphatic heterocycles. The molecule has 0 bridgehead atoms. The van der Waals surface area contributed by atoms with E-state index in [2.05, 4.69) is 41.8 Å². The van der Waals surface area contributed by atoms with Crippen LogP contribution in [0, 0.1) is 0 Å². The summed E-state index contributed by atoms with van der Waals surface area (Å²) in [6, 6.07) is 2.15. The fourth-order valence-corrected chi connectivity index (χ4v) is 3.66. The molecule has 1 heterocycles. The van der Waals surface area contributed by atoms with Crippen LogP contribution in [0.5, 0.6) is 0 Å². The summed E-state index contributed by atoms with van der Waals surface area (Å²) in [6.07, 6.45) is 10.6. The van der Waals surface area contributed by atoms with Gasteiger partial charge in [-0.25, -0.2) is 0 Å². The van der Waals surface area contributed by atoms with Gasteiger partial charge in [-0.05, 0) is 39.4 Å². The molecule has 1 aliphatic carbocycles. The van der Waals surface area contributed by atoms with E-state index in [4.69, 9.17) is 5.73 Å². The molecule has 0 spiro atoms. The molecule has 0 radical (unpaired) electrons. The van der Waals surface area contributed by atoms with Gasteiger partial charge < -0.3 is 10.6 Å². The van der Waals surface area contributed by atoms with Gasteiger partial charge in [0.25, 0.3) is 0 Å². The highest BCUT2D eigenvalue weighted by Crippen LogP contribution is 2.39. The van der Waals surface area contributed by atoms with Crippen molar-refractivity contribution in [1.29, 1.82) is 0 Å². The largest absolute Gasteiger partial charge is 0.321 e. The van der Waals surface area contributed by atoms with E-state index in [1.807, 2.05) is 6.20 Å². The third kappa shape index (κ3) is 2.91. The number of hydrogen-bond donors (Lipinski definition) is 1. The zero-order valence-corrected chi connectivity index (χ0v) is 13.3. The highest BCUT2D eigenvalue weighted by atomic mass is 15.3. The minimum Gasteiger partial charge on any atom is -0.321 e. The van der Waals surface area contributed by atoms with Crippen molar-refractivity contribution in [3.63, 3.8) is 0 Å². The predicted octanol–water partition coefficient (Wildman–Crippen LogP) is 2.95. The van der Waals surface area contributed by atoms with Crippen molar-refractivity contribution >= 4 is 0 Å². The Morgan fingerprint density at radius 2 is 1.95 bits per heavy atom. The molecule has 1 atom stereocenters. The summed E-state index contributed by atoms with van der Waals surface area (Å²) in [5, 5.41) is 4.45. The highest BCUT2D eigenvalue weighted by Gasteiger charge is 2.41. The Bertz CT molecular complexity index is 402. The Labute approximate surface area is 123 Å². The Kier molecular flexibility index (Phi) is 5.22. The lowest BCUT2D eigenvalue weighted by Crippen LogP contribution is -2.52. The van der Waals surface area contributed by atoms with Gasteiger partial charge in [0.1, 0.15) is 0 Å². The fourth-order valence-electron chi connectivity index (χ4n) is 3.66. The topological polar surface area (TPSA) is 47.1 Å². The van der Waals surface area contributed by atoms with Crippen LogP contribution in [0.15, 0.2) is 12.3 Å². The normalized spacial score (nSPS) is 20.9. The van der Waals surface area contributed by atoms with Crippen molar-refractivity contribution in [3.8, 4) is 0 Å². The molecule has 1 aromatic heterocycles. The van der Waals surface area contributed by atoms with Gasteiger partial charge in [-0.15, -0.1) is 0 Å². The monoisotopic (exact) mass is 278 g/mol. The van der Waals surface area contributed by atoms with Crippen molar-refractivity contribution in [2.45, 2.75) is 70.0 Å². The maximum Gasteiger partial charge on any atom is 0.0653 e. The Morgan fingerprint density at radius 3 is 2.50 bits per heavy atom. The molecular formula is C16H30N4. The number of rotatable bonds is 5. The Hall–Kier alpha value is -0.870. The van der Waals surface area contributed by atoms with Gasteiger partial charge >= 0.3 is 0 Å². The van der Waals surface area contributed by atoms with Gasteiger partial charge in [-0.3, -0.25) is 4.68 Å². The number of aromatic nitrogens is 2. The number of nitrogens with two attached hydrogens (primary N) is 1. The molecule has 20 heavy (non-hydrogen) atoms. The van der Waals surface area contributed by atoms with Gasteiger partial charge in [-0.2, -0.15) is 5.10 Å². The molecule has 1 aromatic rings. The second-order valence-corrected chi connectivity index (χ2v) is 6.37. The first-order valence-corrected chi connectivity index (χ1v) is 8.06. The molecule has 1 unspecified atom stereocenters. The SMILES string of the molecule is CCCn1nccc1C(N)C1(N(C)C)CCCCCC1. The average molecular weight is 278 g/mol. The highest BCUT2D eigenvalue weighted by molar-refractivity contribution is 5.15. The molecule has 1 fully saturated rings. The first-order valence-electron chi connectivity index (χ1n) is 8.06. The van der Waals surface area contributed by atoms with E-state index in [0.29, 0.717) is 0 Å². The quantitative estimate of drug-likeness (QED) is 0.842. The summed E-state index contributed by atoms with van der Waals surface area (Å²) >= 11 is 0. The van der Waals surface area contributed by atoms with Crippen LogP contribution >= 0.6 is 0 Å². The minimum absolute atomic E-state index is 0.0460. The zero-order chi connectivity index (χ0) is 14.6. The number of hydrogen-bond acceptors (Lipinski definition) is 3. The molecule has 4 heteroatoms. The first kappa shape index (κ1) is 15.5. The number of nitrogens with zero attached hydrogens (tertiary/aromatic N) is 3. The standard InChI is InChI=1S/C16H30N4/c1-4-13-20-14(9-12-18-20)15(17)16(19(2)3)10-7-5-6-8-11-16/h9,12,15H,4-8,10-11,13,17H2,1-3H3. The van der Waals surface area contributed by atoms with Gasteiger partial charge in [-0.1, -0.05) is 32.6 Å². The molecule has 2 rings (SSSR count). The number of aryl methyl sites for hydroxylation is 1. The summed E-state index contributed by atoms with van der Waals surface area (Å²) in [5.74, 6) is 0. The van der Waals surface area contributed by atoms with Crippen molar-refractivity contribution in [3.05, 3.63) is 18.0 Å². The van der Waals surface area contributed by atoms with Crippen molar-refractivity contribution in [2.24, 2.45) is 5.73 Å². The van der Waals surface area contributed by atoms with Crippen LogP contribution in [0.2, 0.25) is 0 Å². The van der Waals surface area contributed by atoms with E-state index < -0.39 is 0 Å². The molecule has 0 saturated heterocycles. The van der Waals surface area contributed by atoms with E-state index in [1.165, 1.54) is 44.2 Å². The van der Waals surface area contributed by atoms with Gasteiger partial charge in [0, 0.05) is 18.3 Å². The molecular weight excluding hydrogens is 248 g/mol. The maximum absolute atomic E-state index is 6.75. The van der Waals surface area contributed by atoms with Gasteiger partial charge in [0.05, 0.1) is 11.7 Å². The molecule has 0 amide bonds. The lowest BCUT2D eigenvalue weighted by Gasteiger charge is -2.44. The molecule has 1 aliphatic rings. The molecule has 2 N–H and O–H groups in total. The van der Waals surface area contributed by atoms with Crippen LogP contribution in [0.3, 0.4) is 0 Å². The Morgan fingerprint density at radius 1 is 1.30 bits per heavy atom. The van der Waals surface area contributed by atoms with Crippen LogP contribution in [0.4, 0.5) is 0 Å². The fraction of sp³-hybridized carbons (Fsp3) is 0.812. The zero-order valence-electron chi connectivity index (χ0n) is 13.3. The lowest BCUT2D eigenvalue weighted by molar-refractivity contribution is 0.0931. The van der Waals surface area contributed by atoms with Gasteiger partial charge in [0.15, 0.2) is 0 Å². The summed E-state index contributed by atoms with van der Waals surface area (Å²) in [6.45, 7) is 3.14. The number of likely N-dealkylation sites (N-methyl/N-ethyl adjacent to an activating group) is 1. The van der Waals surface area contributed by atoms with E-state index in [-0.39, 0.29) is 11.6 Å². The first-order chi connectivity index (χ1) is 9.62. The predicted molar refractivity (Wildman–Crippen MR) is 83.6 cm³/mol. The summed E-state index contributed by atoms with van der Waals surface area (Å²) in [5.41, 5.74) is 8.03. The van der Waals surface area contributed by atoms with E-state index in [1.54, 1.807) is 0 Å². The molecule has 114 valence electrons. The second-order valence-electron chi connectivity index (χ2n) is 6.37. The van der Waals surface area contributed by atoms with Crippen LogP contribution in [-0.2, 0) is 6.54 Å². The third-order valence-corrected chi connectivity index (χ3v) is 4.94. The maximum atomic E-state index is 6.75. The minimum atomic E-state index is 0.0460. The summed E-state index contributed by atoms with van der Waals surface area (Å²) in [4.78, 5) is 2.37. The van der Waals surface area contributed by atoms with Crippen molar-refractivity contribution < 1.29 is 0 Å². The van der Waals surface area contributed by atoms with Gasteiger partial charge in [0.2, 0.25) is 0 Å². The second kappa shape index (κ2) is 6.72. The van der Waals surface area contributed by atoms with E-state index in [0.717, 1.165) is 13.0 Å². The van der Waals surface area contributed by atoms with Crippen molar-refractivity contribution in [2.75, 3.05) is 14.1 Å². The average Bonchev–Trinajstić information content (AvgIpc) is 2.73.